The van der Waals surface area contributed by atoms with Crippen LogP contribution in [-0.2, 0) is 9.47 Å². The van der Waals surface area contributed by atoms with Crippen LogP contribution in [0.1, 0.15) is 59.5 Å². The third-order valence-electron chi connectivity index (χ3n) is 5.81. The minimum Gasteiger partial charge on any atom is -0.462 e. The fraction of sp³-hybridized carbons (Fsp3) is 0.440. The molecule has 0 aliphatic rings. The molecule has 0 saturated carbocycles. The Morgan fingerprint density at radius 1 is 0.724 bits per heavy atom. The van der Waals surface area contributed by atoms with Crippen molar-refractivity contribution in [2.45, 2.75) is 47.6 Å². The number of hydrogen-bond donors (Lipinski definition) is 0. The van der Waals surface area contributed by atoms with Gasteiger partial charge in [0.05, 0.1) is 17.7 Å². The predicted octanol–water partition coefficient (Wildman–Crippen LogP) is 5.61. The van der Waals surface area contributed by atoms with Gasteiger partial charge in [-0.2, -0.15) is 0 Å². The monoisotopic (exact) mass is 396 g/mol. The van der Waals surface area contributed by atoms with E-state index in [1.807, 2.05) is 45.0 Å². The van der Waals surface area contributed by atoms with Gasteiger partial charge in [0.25, 0.3) is 0 Å². The molecule has 0 fully saturated rings. The van der Waals surface area contributed by atoms with Crippen molar-refractivity contribution in [3.05, 3.63) is 70.8 Å². The lowest BCUT2D eigenvalue weighted by Gasteiger charge is -2.30. The molecule has 156 valence electrons. The summed E-state index contributed by atoms with van der Waals surface area (Å²) in [7, 11) is 0. The maximum Gasteiger partial charge on any atom is 0.338 e. The summed E-state index contributed by atoms with van der Waals surface area (Å²) >= 11 is 0. The van der Waals surface area contributed by atoms with Gasteiger partial charge in [0.1, 0.15) is 6.10 Å². The quantitative estimate of drug-likeness (QED) is 0.544. The number of benzene rings is 2. The van der Waals surface area contributed by atoms with Crippen molar-refractivity contribution >= 4 is 11.9 Å². The Morgan fingerprint density at radius 2 is 1.17 bits per heavy atom. The minimum atomic E-state index is -0.310. The normalized spacial score (nSPS) is 15.1. The molecule has 2 aromatic carbocycles. The van der Waals surface area contributed by atoms with E-state index in [2.05, 4.69) is 20.8 Å². The van der Waals surface area contributed by atoms with Gasteiger partial charge in [0.2, 0.25) is 0 Å². The van der Waals surface area contributed by atoms with Crippen molar-refractivity contribution in [1.82, 2.24) is 0 Å². The first kappa shape index (κ1) is 22.7. The molecule has 0 aliphatic heterocycles. The maximum atomic E-state index is 12.4. The lowest BCUT2D eigenvalue weighted by atomic mass is 9.82. The summed E-state index contributed by atoms with van der Waals surface area (Å²) in [6.07, 6.45) is -0.242. The summed E-state index contributed by atoms with van der Waals surface area (Å²) in [5.74, 6) is -0.149. The lowest BCUT2D eigenvalue weighted by Crippen LogP contribution is -2.31. The van der Waals surface area contributed by atoms with Gasteiger partial charge >= 0.3 is 11.9 Å². The molecular formula is C25H32O4. The second-order valence-corrected chi connectivity index (χ2v) is 8.14. The van der Waals surface area contributed by atoms with Gasteiger partial charge in [0.15, 0.2) is 0 Å². The summed E-state index contributed by atoms with van der Waals surface area (Å²) in [5, 5.41) is 0. The van der Waals surface area contributed by atoms with E-state index < -0.39 is 0 Å². The highest BCUT2D eigenvalue weighted by molar-refractivity contribution is 5.89. The highest BCUT2D eigenvalue weighted by Crippen LogP contribution is 2.26. The molecule has 0 bridgehead atoms. The van der Waals surface area contributed by atoms with Crippen molar-refractivity contribution in [2.24, 2.45) is 17.8 Å². The van der Waals surface area contributed by atoms with Crippen LogP contribution in [0.5, 0.6) is 0 Å². The molecule has 4 nitrogen and oxygen atoms in total. The molecule has 4 heteroatoms. The van der Waals surface area contributed by atoms with Crippen LogP contribution in [-0.4, -0.2) is 24.6 Å². The molecule has 0 heterocycles. The summed E-state index contributed by atoms with van der Waals surface area (Å²) < 4.78 is 11.2. The summed E-state index contributed by atoms with van der Waals surface area (Å²) in [5.41, 5.74) is 3.32. The molecule has 2 rings (SSSR count). The van der Waals surface area contributed by atoms with Crippen molar-refractivity contribution < 1.29 is 19.1 Å². The second kappa shape index (κ2) is 10.2. The SMILES string of the molecule is Cc1ccc(C(=O)OCC(C)C(C)C(C)C(C)OC(=O)c2ccc(C)cc2)cc1. The summed E-state index contributed by atoms with van der Waals surface area (Å²) in [6.45, 7) is 12.4. The minimum absolute atomic E-state index is 0.123. The van der Waals surface area contributed by atoms with E-state index in [1.165, 1.54) is 0 Å². The number of aryl methyl sites for hydroxylation is 2. The zero-order valence-corrected chi connectivity index (χ0v) is 18.3. The Labute approximate surface area is 174 Å². The number of ether oxygens (including phenoxy) is 2. The number of esters is 2. The van der Waals surface area contributed by atoms with E-state index in [9.17, 15) is 9.59 Å². The number of carbonyl (C=O) groups excluding carboxylic acids is 2. The first-order valence-electron chi connectivity index (χ1n) is 10.2. The van der Waals surface area contributed by atoms with E-state index >= 15 is 0 Å². The van der Waals surface area contributed by atoms with Crippen LogP contribution in [0.3, 0.4) is 0 Å². The van der Waals surface area contributed by atoms with Crippen LogP contribution >= 0.6 is 0 Å². The molecular weight excluding hydrogens is 364 g/mol. The fourth-order valence-electron chi connectivity index (χ4n) is 3.11. The third-order valence-corrected chi connectivity index (χ3v) is 5.81. The Balaban J connectivity index is 1.86. The zero-order chi connectivity index (χ0) is 21.6. The van der Waals surface area contributed by atoms with E-state index in [-0.39, 0.29) is 35.8 Å². The van der Waals surface area contributed by atoms with Crippen LogP contribution in [0.4, 0.5) is 0 Å². The molecule has 29 heavy (non-hydrogen) atoms. The summed E-state index contributed by atoms with van der Waals surface area (Å²) in [6, 6.07) is 14.7. The van der Waals surface area contributed by atoms with Gasteiger partial charge in [-0.15, -0.1) is 0 Å². The lowest BCUT2D eigenvalue weighted by molar-refractivity contribution is 0.00393. The molecule has 4 atom stereocenters. The highest BCUT2D eigenvalue weighted by atomic mass is 16.5. The molecule has 0 spiro atoms. The van der Waals surface area contributed by atoms with E-state index in [4.69, 9.17) is 9.47 Å². The standard InChI is InChI=1S/C25H32O4/c1-16-7-11-22(12-8-16)24(26)28-15-18(3)19(4)20(5)21(6)29-25(27)23-13-9-17(2)10-14-23/h7-14,18-21H,15H2,1-6H3. The van der Waals surface area contributed by atoms with Crippen molar-refractivity contribution in [3.8, 4) is 0 Å². The average molecular weight is 397 g/mol. The Kier molecular flexibility index (Phi) is 8.00. The van der Waals surface area contributed by atoms with Crippen molar-refractivity contribution in [2.75, 3.05) is 6.61 Å². The van der Waals surface area contributed by atoms with Gasteiger partial charge in [-0.25, -0.2) is 9.59 Å². The molecule has 0 aliphatic carbocycles. The number of hydrogen-bond acceptors (Lipinski definition) is 4. The van der Waals surface area contributed by atoms with Gasteiger partial charge in [0, 0.05) is 0 Å². The van der Waals surface area contributed by atoms with Gasteiger partial charge in [-0.3, -0.25) is 0 Å². The Bertz CT molecular complexity index is 808. The number of rotatable bonds is 8. The van der Waals surface area contributed by atoms with Crippen LogP contribution in [0.15, 0.2) is 48.5 Å². The largest absolute Gasteiger partial charge is 0.462 e. The van der Waals surface area contributed by atoms with Crippen LogP contribution < -0.4 is 0 Å². The zero-order valence-electron chi connectivity index (χ0n) is 18.3. The smallest absolute Gasteiger partial charge is 0.338 e. The second-order valence-electron chi connectivity index (χ2n) is 8.14. The van der Waals surface area contributed by atoms with Gasteiger partial charge < -0.3 is 9.47 Å². The van der Waals surface area contributed by atoms with Crippen LogP contribution in [0, 0.1) is 31.6 Å². The predicted molar refractivity (Wildman–Crippen MR) is 115 cm³/mol. The third kappa shape index (κ3) is 6.45. The van der Waals surface area contributed by atoms with Crippen molar-refractivity contribution in [1.29, 1.82) is 0 Å². The molecule has 4 unspecified atom stereocenters. The molecule has 0 N–H and O–H groups in total. The van der Waals surface area contributed by atoms with E-state index in [0.29, 0.717) is 17.7 Å². The van der Waals surface area contributed by atoms with E-state index in [0.717, 1.165) is 11.1 Å². The van der Waals surface area contributed by atoms with Crippen LogP contribution in [0.25, 0.3) is 0 Å². The fourth-order valence-corrected chi connectivity index (χ4v) is 3.11. The molecule has 0 amide bonds. The van der Waals surface area contributed by atoms with Gasteiger partial charge in [-0.05, 0) is 62.8 Å². The first-order chi connectivity index (χ1) is 13.7. The number of carbonyl (C=O) groups is 2. The summed E-state index contributed by atoms with van der Waals surface area (Å²) in [4.78, 5) is 24.6. The molecule has 0 saturated heterocycles. The Morgan fingerprint density at radius 3 is 1.66 bits per heavy atom. The molecule has 0 radical (unpaired) electrons. The Hall–Kier alpha value is -2.62. The van der Waals surface area contributed by atoms with E-state index in [1.54, 1.807) is 24.3 Å². The highest BCUT2D eigenvalue weighted by Gasteiger charge is 2.27. The van der Waals surface area contributed by atoms with Gasteiger partial charge in [-0.1, -0.05) is 56.2 Å². The van der Waals surface area contributed by atoms with Crippen molar-refractivity contribution in [3.63, 3.8) is 0 Å². The molecule has 0 aromatic heterocycles. The maximum absolute atomic E-state index is 12.4. The molecule has 2 aromatic rings. The average Bonchev–Trinajstić information content (AvgIpc) is 2.71. The first-order valence-corrected chi connectivity index (χ1v) is 10.2. The van der Waals surface area contributed by atoms with Crippen LogP contribution in [0.2, 0.25) is 0 Å². The topological polar surface area (TPSA) is 52.6 Å².